The zero-order valence-electron chi connectivity index (χ0n) is 24.4. The van der Waals surface area contributed by atoms with Gasteiger partial charge < -0.3 is 4.90 Å². The molecule has 0 N–H and O–H groups in total. The van der Waals surface area contributed by atoms with E-state index in [1.807, 2.05) is 10.6 Å². The van der Waals surface area contributed by atoms with Gasteiger partial charge in [0.1, 0.15) is 16.1 Å². The Morgan fingerprint density at radius 2 is 1.56 bits per heavy atom. The third kappa shape index (κ3) is 5.64. The van der Waals surface area contributed by atoms with E-state index >= 15 is 0 Å². The molecule has 214 valence electrons. The molecule has 0 saturated carbocycles. The number of hydrogen-bond donors (Lipinski definition) is 0. The van der Waals surface area contributed by atoms with E-state index in [0.29, 0.717) is 11.1 Å². The summed E-state index contributed by atoms with van der Waals surface area (Å²) in [4.78, 5) is 17.1. The Hall–Kier alpha value is -4.52. The van der Waals surface area contributed by atoms with Gasteiger partial charge >= 0.3 is 0 Å². The van der Waals surface area contributed by atoms with Crippen LogP contribution in [0.3, 0.4) is 0 Å². The lowest BCUT2D eigenvalue weighted by Crippen LogP contribution is -2.37. The minimum Gasteiger partial charge on any atom is -0.348 e. The molecule has 4 nitrogen and oxygen atoms in total. The van der Waals surface area contributed by atoms with E-state index in [1.54, 1.807) is 17.4 Å². The van der Waals surface area contributed by atoms with E-state index in [2.05, 4.69) is 139 Å². The average Bonchev–Trinajstić information content (AvgIpc) is 3.57. The lowest BCUT2D eigenvalue weighted by Gasteiger charge is -2.26. The summed E-state index contributed by atoms with van der Waals surface area (Å²) in [6.07, 6.45) is 12.2. The first-order valence-corrected chi connectivity index (χ1v) is 16.2. The number of allylic oxidation sites excluding steroid dienone is 4. The second-order valence-electron chi connectivity index (χ2n) is 10.2. The number of anilines is 1. The van der Waals surface area contributed by atoms with Gasteiger partial charge in [0.25, 0.3) is 10.6 Å². The monoisotopic (exact) mass is 600 g/mol. The molecule has 2 aromatic heterocycles. The average molecular weight is 601 g/mol. The second kappa shape index (κ2) is 12.8. The largest absolute Gasteiger partial charge is 0.348 e. The van der Waals surface area contributed by atoms with Gasteiger partial charge in [-0.1, -0.05) is 90.2 Å². The molecule has 5 aromatic rings. The third-order valence-corrected chi connectivity index (χ3v) is 9.82. The zero-order chi connectivity index (χ0) is 29.8. The molecule has 0 aliphatic carbocycles. The lowest BCUT2D eigenvalue weighted by atomic mass is 9.99. The normalized spacial score (nSPS) is 14.5. The molecule has 0 spiro atoms. The van der Waals surface area contributed by atoms with Crippen LogP contribution in [0.5, 0.6) is 0 Å². The molecule has 0 amide bonds. The fourth-order valence-electron chi connectivity index (χ4n) is 5.49. The first-order valence-electron chi connectivity index (χ1n) is 14.6. The van der Waals surface area contributed by atoms with Gasteiger partial charge in [0, 0.05) is 36.1 Å². The van der Waals surface area contributed by atoms with Crippen LogP contribution in [0.25, 0.3) is 39.4 Å². The van der Waals surface area contributed by atoms with Gasteiger partial charge in [-0.25, -0.2) is 0 Å². The summed E-state index contributed by atoms with van der Waals surface area (Å²) >= 11 is 3.29. The second-order valence-corrected chi connectivity index (χ2v) is 12.2. The van der Waals surface area contributed by atoms with Crippen molar-refractivity contribution in [1.29, 1.82) is 0 Å². The number of fused-ring (bicyclic) bond motifs is 1. The number of para-hydroxylation sites is 1. The van der Waals surface area contributed by atoms with Gasteiger partial charge in [0.05, 0.1) is 10.6 Å². The lowest BCUT2D eigenvalue weighted by molar-refractivity contribution is -0.679. The van der Waals surface area contributed by atoms with Crippen molar-refractivity contribution in [2.75, 3.05) is 11.4 Å². The molecule has 3 aromatic carbocycles. The van der Waals surface area contributed by atoms with Crippen LogP contribution in [-0.4, -0.2) is 11.1 Å². The fourth-order valence-corrected chi connectivity index (χ4v) is 7.85. The van der Waals surface area contributed by atoms with Crippen LogP contribution in [0.1, 0.15) is 24.4 Å². The number of aromatic nitrogens is 2. The van der Waals surface area contributed by atoms with Crippen LogP contribution in [0, 0.1) is 0 Å². The highest BCUT2D eigenvalue weighted by Crippen LogP contribution is 2.36. The maximum atomic E-state index is 13.7. The van der Waals surface area contributed by atoms with Crippen LogP contribution in [0.15, 0.2) is 121 Å². The van der Waals surface area contributed by atoms with E-state index in [9.17, 15) is 4.79 Å². The number of nitrogens with zero attached hydrogens (tertiary/aromatic N) is 3. The molecule has 0 fully saturated rings. The summed E-state index contributed by atoms with van der Waals surface area (Å²) in [6, 6.07) is 29.5. The van der Waals surface area contributed by atoms with Gasteiger partial charge in [0.15, 0.2) is 0 Å². The minimum absolute atomic E-state index is 0.00225. The van der Waals surface area contributed by atoms with Crippen molar-refractivity contribution < 1.29 is 4.57 Å². The van der Waals surface area contributed by atoms with Crippen molar-refractivity contribution in [3.63, 3.8) is 0 Å². The maximum absolute atomic E-state index is 13.7. The van der Waals surface area contributed by atoms with Crippen molar-refractivity contribution in [1.82, 2.24) is 4.57 Å². The molecule has 6 rings (SSSR count). The summed E-state index contributed by atoms with van der Waals surface area (Å²) in [5.41, 5.74) is 7.00. The topological polar surface area (TPSA) is 29.1 Å². The van der Waals surface area contributed by atoms with Crippen molar-refractivity contribution >= 4 is 46.1 Å². The van der Waals surface area contributed by atoms with E-state index in [1.165, 1.54) is 44.3 Å². The van der Waals surface area contributed by atoms with Crippen molar-refractivity contribution in [3.05, 3.63) is 146 Å². The molecule has 0 bridgehead atoms. The molecule has 0 saturated heterocycles. The summed E-state index contributed by atoms with van der Waals surface area (Å²) in [7, 11) is 0. The zero-order valence-corrected chi connectivity index (χ0v) is 26.1. The van der Waals surface area contributed by atoms with E-state index in [0.717, 1.165) is 28.3 Å². The molecule has 1 aliphatic rings. The molecular weight excluding hydrogens is 567 g/mol. The van der Waals surface area contributed by atoms with Crippen LogP contribution in [0.2, 0.25) is 0 Å². The van der Waals surface area contributed by atoms with Crippen LogP contribution < -0.4 is 24.2 Å². The van der Waals surface area contributed by atoms with Crippen molar-refractivity contribution in [2.24, 2.45) is 0 Å². The number of thiazole rings is 2. The first kappa shape index (κ1) is 28.6. The smallest absolute Gasteiger partial charge is 0.269 e. The van der Waals surface area contributed by atoms with Gasteiger partial charge in [0.2, 0.25) is 5.69 Å². The maximum Gasteiger partial charge on any atom is 0.269 e. The molecule has 6 heteroatoms. The van der Waals surface area contributed by atoms with Gasteiger partial charge in [-0.2, -0.15) is 4.57 Å². The van der Waals surface area contributed by atoms with Crippen LogP contribution in [0.4, 0.5) is 5.69 Å². The Morgan fingerprint density at radius 3 is 2.26 bits per heavy atom. The van der Waals surface area contributed by atoms with E-state index in [-0.39, 0.29) is 5.56 Å². The standard InChI is InChI=1S/C37H34N3OS2/c1-4-24-40-34(42-32(37(40)41)22-21-27-23-25-38(5-2)31-20-14-13-19-30(27)31)26-33-39(6-3)35(28-15-9-7-10-16-28)36(43-33)29-17-11-8-12-18-29/h4,7-23,25-26H,1,5-6,24H2,2-3H3/q+1. The predicted molar refractivity (Wildman–Crippen MR) is 184 cm³/mol. The van der Waals surface area contributed by atoms with Crippen LogP contribution in [-0.2, 0) is 13.1 Å². The highest BCUT2D eigenvalue weighted by molar-refractivity contribution is 7.16. The number of hydrogen-bond acceptors (Lipinski definition) is 4. The fraction of sp³-hybridized carbons (Fsp3) is 0.135. The quantitative estimate of drug-likeness (QED) is 0.144. The summed E-state index contributed by atoms with van der Waals surface area (Å²) in [5.74, 6) is 0. The first-order chi connectivity index (χ1) is 21.1. The molecule has 0 atom stereocenters. The Morgan fingerprint density at radius 1 is 0.860 bits per heavy atom. The van der Waals surface area contributed by atoms with E-state index < -0.39 is 0 Å². The van der Waals surface area contributed by atoms with Crippen LogP contribution >= 0.6 is 22.7 Å². The minimum atomic E-state index is 0.00225. The van der Waals surface area contributed by atoms with Gasteiger partial charge in [-0.05, 0) is 55.3 Å². The highest BCUT2D eigenvalue weighted by Gasteiger charge is 2.27. The molecule has 0 radical (unpaired) electrons. The highest BCUT2D eigenvalue weighted by atomic mass is 32.1. The number of benzene rings is 3. The SMILES string of the molecule is C=CCn1c(=Cc2sc(-c3ccccc3)c(-c3ccccc3)[n+]2CC)sc(=CC=C2C=CN(CC)c3ccccc32)c1=O. The summed E-state index contributed by atoms with van der Waals surface area (Å²) in [6.45, 7) is 10.4. The van der Waals surface area contributed by atoms with Gasteiger partial charge in [-0.15, -0.1) is 17.9 Å². The molecular formula is C37H34N3OS2+. The van der Waals surface area contributed by atoms with Crippen molar-refractivity contribution in [3.8, 4) is 21.7 Å². The Kier molecular flexibility index (Phi) is 8.50. The number of rotatable bonds is 8. The van der Waals surface area contributed by atoms with Crippen molar-refractivity contribution in [2.45, 2.75) is 26.9 Å². The third-order valence-electron chi connectivity index (χ3n) is 7.57. The summed E-state index contributed by atoms with van der Waals surface area (Å²) < 4.78 is 5.80. The molecule has 3 heterocycles. The predicted octanol–water partition coefficient (Wildman–Crippen LogP) is 6.85. The Bertz CT molecular complexity index is 2010. The Balaban J connectivity index is 1.52. The summed E-state index contributed by atoms with van der Waals surface area (Å²) in [5, 5.41) is 1.10. The molecule has 43 heavy (non-hydrogen) atoms. The Labute approximate surface area is 260 Å². The molecule has 0 unspecified atom stereocenters. The van der Waals surface area contributed by atoms with Gasteiger partial charge in [-0.3, -0.25) is 9.36 Å². The molecule has 1 aliphatic heterocycles. The van der Waals surface area contributed by atoms with E-state index in [4.69, 9.17) is 0 Å².